The Kier molecular flexibility index (Phi) is 5.11. The molecular weight excluding hydrogens is 280 g/mol. The number of amides is 1. The molecule has 0 aliphatic rings. The number of nitrogens with one attached hydrogen (secondary N) is 1. The molecule has 1 aromatic rings. The number of nitro groups is 1. The van der Waals surface area contributed by atoms with Crippen LogP contribution in [0, 0.1) is 21.4 Å². The second-order valence-corrected chi connectivity index (χ2v) is 6.31. The van der Waals surface area contributed by atoms with Gasteiger partial charge in [0, 0.05) is 18.2 Å². The van der Waals surface area contributed by atoms with Gasteiger partial charge in [-0.1, -0.05) is 39.3 Å². The fourth-order valence-corrected chi connectivity index (χ4v) is 1.63. The van der Waals surface area contributed by atoms with Gasteiger partial charge in [-0.2, -0.15) is 0 Å². The van der Waals surface area contributed by atoms with Crippen LogP contribution in [0.1, 0.15) is 38.1 Å². The zero-order valence-electron chi connectivity index (χ0n) is 12.1. The fourth-order valence-electron chi connectivity index (χ4n) is 1.45. The van der Waals surface area contributed by atoms with E-state index < -0.39 is 4.92 Å². The molecule has 1 aromatic carbocycles. The highest BCUT2D eigenvalue weighted by Crippen LogP contribution is 2.26. The minimum Gasteiger partial charge on any atom is -0.352 e. The predicted octanol–water partition coefficient (Wildman–Crippen LogP) is 3.66. The zero-order chi connectivity index (χ0) is 15.5. The first-order valence-electron chi connectivity index (χ1n) is 6.35. The number of rotatable bonds is 4. The summed E-state index contributed by atoms with van der Waals surface area (Å²) in [5.41, 5.74) is 0.0598. The normalized spacial score (nSPS) is 12.8. The van der Waals surface area contributed by atoms with Gasteiger partial charge < -0.3 is 5.32 Å². The van der Waals surface area contributed by atoms with Gasteiger partial charge in [-0.05, 0) is 23.5 Å². The quantitative estimate of drug-likeness (QED) is 0.681. The minimum absolute atomic E-state index is 0.0228. The summed E-state index contributed by atoms with van der Waals surface area (Å²) in [5.74, 6) is -0.0467. The van der Waals surface area contributed by atoms with Crippen molar-refractivity contribution < 1.29 is 9.72 Å². The Morgan fingerprint density at radius 1 is 1.45 bits per heavy atom. The third-order valence-corrected chi connectivity index (χ3v) is 3.77. The first kappa shape index (κ1) is 16.4. The molecule has 0 radical (unpaired) electrons. The van der Waals surface area contributed by atoms with Gasteiger partial charge >= 0.3 is 0 Å². The lowest BCUT2D eigenvalue weighted by atomic mass is 9.82. The molecule has 1 unspecified atom stereocenters. The van der Waals surface area contributed by atoms with E-state index in [2.05, 4.69) is 26.1 Å². The van der Waals surface area contributed by atoms with Gasteiger partial charge in [0.05, 0.1) is 4.92 Å². The summed E-state index contributed by atoms with van der Waals surface area (Å²) in [5, 5.41) is 13.6. The number of nitrogens with zero attached hydrogens (tertiary/aromatic N) is 1. The lowest BCUT2D eigenvalue weighted by Crippen LogP contribution is -2.33. The zero-order valence-corrected chi connectivity index (χ0v) is 12.8. The second-order valence-electron chi connectivity index (χ2n) is 5.90. The molecule has 1 rings (SSSR count). The van der Waals surface area contributed by atoms with Crippen molar-refractivity contribution in [3.8, 4) is 0 Å². The lowest BCUT2D eigenvalue weighted by molar-refractivity contribution is -0.384. The molecule has 1 amide bonds. The van der Waals surface area contributed by atoms with E-state index >= 15 is 0 Å². The van der Waals surface area contributed by atoms with Crippen molar-refractivity contribution in [2.45, 2.75) is 27.7 Å². The molecule has 0 bridgehead atoms. The molecule has 6 heteroatoms. The standard InChI is InChI=1S/C14H19ClN2O3/c1-9(14(2,3)4)8-16-13(18)10-5-6-11(15)12(7-10)17(19)20/h5-7,9H,8H2,1-4H3,(H,16,18). The van der Waals surface area contributed by atoms with Crippen LogP contribution in [0.5, 0.6) is 0 Å². The first-order chi connectivity index (χ1) is 9.12. The van der Waals surface area contributed by atoms with E-state index in [1.807, 2.05) is 6.92 Å². The molecular formula is C14H19ClN2O3. The highest BCUT2D eigenvalue weighted by atomic mass is 35.5. The monoisotopic (exact) mass is 298 g/mol. The average Bonchev–Trinajstić information content (AvgIpc) is 2.34. The summed E-state index contributed by atoms with van der Waals surface area (Å²) in [6.07, 6.45) is 0. The molecule has 0 aromatic heterocycles. The van der Waals surface area contributed by atoms with E-state index in [0.29, 0.717) is 6.54 Å². The van der Waals surface area contributed by atoms with Crippen molar-refractivity contribution >= 4 is 23.2 Å². The van der Waals surface area contributed by atoms with Gasteiger partial charge in [-0.3, -0.25) is 14.9 Å². The molecule has 1 atom stereocenters. The van der Waals surface area contributed by atoms with Crippen molar-refractivity contribution in [3.63, 3.8) is 0 Å². The van der Waals surface area contributed by atoms with E-state index in [4.69, 9.17) is 11.6 Å². The molecule has 0 spiro atoms. The second kappa shape index (κ2) is 6.22. The van der Waals surface area contributed by atoms with Gasteiger partial charge in [0.15, 0.2) is 0 Å². The molecule has 0 aliphatic heterocycles. The number of carbonyl (C=O) groups excluding carboxylic acids is 1. The minimum atomic E-state index is -0.600. The maximum Gasteiger partial charge on any atom is 0.288 e. The molecule has 0 saturated heterocycles. The van der Waals surface area contributed by atoms with Crippen molar-refractivity contribution in [2.75, 3.05) is 6.54 Å². The molecule has 110 valence electrons. The van der Waals surface area contributed by atoms with Crippen molar-refractivity contribution in [1.82, 2.24) is 5.32 Å². The predicted molar refractivity (Wildman–Crippen MR) is 79.1 cm³/mol. The summed E-state index contributed by atoms with van der Waals surface area (Å²) in [4.78, 5) is 22.2. The first-order valence-corrected chi connectivity index (χ1v) is 6.73. The van der Waals surface area contributed by atoms with Gasteiger partial charge in [-0.15, -0.1) is 0 Å². The molecule has 0 saturated carbocycles. The van der Waals surface area contributed by atoms with E-state index in [0.717, 1.165) is 0 Å². The van der Waals surface area contributed by atoms with E-state index in [9.17, 15) is 14.9 Å². The number of halogens is 1. The maximum atomic E-state index is 12.0. The summed E-state index contributed by atoms with van der Waals surface area (Å²) >= 11 is 5.71. The third kappa shape index (κ3) is 4.20. The SMILES string of the molecule is CC(CNC(=O)c1ccc(Cl)c([N+](=O)[O-])c1)C(C)(C)C. The van der Waals surface area contributed by atoms with Crippen LogP contribution in [-0.4, -0.2) is 17.4 Å². The van der Waals surface area contributed by atoms with Gasteiger partial charge in [0.1, 0.15) is 5.02 Å². The maximum absolute atomic E-state index is 12.0. The lowest BCUT2D eigenvalue weighted by Gasteiger charge is -2.27. The highest BCUT2D eigenvalue weighted by Gasteiger charge is 2.21. The van der Waals surface area contributed by atoms with Crippen LogP contribution in [-0.2, 0) is 0 Å². The topological polar surface area (TPSA) is 72.2 Å². The van der Waals surface area contributed by atoms with Gasteiger partial charge in [0.2, 0.25) is 0 Å². The highest BCUT2D eigenvalue weighted by molar-refractivity contribution is 6.32. The van der Waals surface area contributed by atoms with Crippen LogP contribution >= 0.6 is 11.6 Å². The Balaban J connectivity index is 2.79. The third-order valence-electron chi connectivity index (χ3n) is 3.45. The average molecular weight is 299 g/mol. The number of hydrogen-bond donors (Lipinski definition) is 1. The molecule has 1 N–H and O–H groups in total. The Morgan fingerprint density at radius 3 is 2.55 bits per heavy atom. The summed E-state index contributed by atoms with van der Waals surface area (Å²) in [7, 11) is 0. The molecule has 0 heterocycles. The number of nitro benzene ring substituents is 1. The molecule has 5 nitrogen and oxygen atoms in total. The van der Waals surface area contributed by atoms with E-state index in [-0.39, 0.29) is 33.5 Å². The Bertz CT molecular complexity index is 524. The van der Waals surface area contributed by atoms with Crippen molar-refractivity contribution in [2.24, 2.45) is 11.3 Å². The van der Waals surface area contributed by atoms with Crippen LogP contribution in [0.3, 0.4) is 0 Å². The Morgan fingerprint density at radius 2 is 2.05 bits per heavy atom. The largest absolute Gasteiger partial charge is 0.352 e. The van der Waals surface area contributed by atoms with Crippen LogP contribution in [0.2, 0.25) is 5.02 Å². The Labute approximate surface area is 123 Å². The number of hydrogen-bond acceptors (Lipinski definition) is 3. The van der Waals surface area contributed by atoms with Crippen LogP contribution in [0.4, 0.5) is 5.69 Å². The van der Waals surface area contributed by atoms with Gasteiger partial charge in [-0.25, -0.2) is 0 Å². The summed E-state index contributed by atoms with van der Waals surface area (Å²) in [6.45, 7) is 8.84. The Hall–Kier alpha value is -1.62. The number of carbonyl (C=O) groups is 1. The summed E-state index contributed by atoms with van der Waals surface area (Å²) < 4.78 is 0. The number of benzene rings is 1. The molecule has 0 fully saturated rings. The van der Waals surface area contributed by atoms with Gasteiger partial charge in [0.25, 0.3) is 11.6 Å². The summed E-state index contributed by atoms with van der Waals surface area (Å²) in [6, 6.07) is 4.04. The van der Waals surface area contributed by atoms with Crippen molar-refractivity contribution in [3.05, 3.63) is 38.9 Å². The fraction of sp³-hybridized carbons (Fsp3) is 0.500. The van der Waals surface area contributed by atoms with Crippen molar-refractivity contribution in [1.29, 1.82) is 0 Å². The van der Waals surface area contributed by atoms with Crippen LogP contribution in [0.15, 0.2) is 18.2 Å². The smallest absolute Gasteiger partial charge is 0.288 e. The molecule has 20 heavy (non-hydrogen) atoms. The van der Waals surface area contributed by atoms with E-state index in [1.54, 1.807) is 0 Å². The van der Waals surface area contributed by atoms with E-state index in [1.165, 1.54) is 18.2 Å². The van der Waals surface area contributed by atoms with Crippen LogP contribution in [0.25, 0.3) is 0 Å². The molecule has 0 aliphatic carbocycles. The van der Waals surface area contributed by atoms with Crippen LogP contribution < -0.4 is 5.32 Å².